The molecule has 0 amide bonds. The molecule has 360 valence electrons. The van der Waals surface area contributed by atoms with Crippen LogP contribution in [-0.2, 0) is 28.6 Å². The van der Waals surface area contributed by atoms with E-state index in [4.69, 9.17) is 14.2 Å². The predicted molar refractivity (Wildman–Crippen MR) is 270 cm³/mol. The standard InChI is InChI=1S/C57H96O6/c1-4-7-10-13-16-19-22-25-26-27-28-29-30-33-35-38-41-44-47-50-56(59)62-53-54(63-57(60)51-48-45-42-39-36-32-24-21-18-15-12-9-6-3)52-61-55(58)49-46-43-40-37-34-31-23-20-17-14-11-8-5-2/h9,12,16,18-21,23,25-26,32,36,42,45,54H,4-8,10-11,13-15,17,22,24,27-31,33-35,37-41,43-44,46-53H2,1-3H3/b12-9-,19-16-,21-18-,23-20-,26-25-,36-32-,45-42-. The van der Waals surface area contributed by atoms with Crippen LogP contribution in [0.1, 0.15) is 239 Å². The molecule has 0 saturated heterocycles. The Morgan fingerprint density at radius 2 is 0.651 bits per heavy atom. The summed E-state index contributed by atoms with van der Waals surface area (Å²) in [7, 11) is 0. The molecule has 0 aliphatic heterocycles. The van der Waals surface area contributed by atoms with Gasteiger partial charge in [-0.25, -0.2) is 0 Å². The van der Waals surface area contributed by atoms with Crippen molar-refractivity contribution in [3.05, 3.63) is 85.1 Å². The van der Waals surface area contributed by atoms with Gasteiger partial charge < -0.3 is 14.2 Å². The minimum atomic E-state index is -0.819. The van der Waals surface area contributed by atoms with Gasteiger partial charge in [0.15, 0.2) is 6.10 Å². The zero-order valence-electron chi connectivity index (χ0n) is 41.1. The van der Waals surface area contributed by atoms with Crippen LogP contribution in [0.4, 0.5) is 0 Å². The molecule has 0 aromatic carbocycles. The van der Waals surface area contributed by atoms with Gasteiger partial charge in [0.2, 0.25) is 0 Å². The van der Waals surface area contributed by atoms with E-state index < -0.39 is 12.1 Å². The highest BCUT2D eigenvalue weighted by Crippen LogP contribution is 2.14. The van der Waals surface area contributed by atoms with Gasteiger partial charge in [0, 0.05) is 19.3 Å². The lowest BCUT2D eigenvalue weighted by molar-refractivity contribution is -0.166. The summed E-state index contributed by atoms with van der Waals surface area (Å²) in [5, 5.41) is 0. The molecule has 0 aliphatic carbocycles. The molecule has 0 N–H and O–H groups in total. The number of esters is 3. The number of carbonyl (C=O) groups is 3. The normalized spacial score (nSPS) is 12.7. The van der Waals surface area contributed by atoms with Gasteiger partial charge in [-0.15, -0.1) is 0 Å². The smallest absolute Gasteiger partial charge is 0.306 e. The average Bonchev–Trinajstić information content (AvgIpc) is 3.28. The molecular formula is C57H96O6. The van der Waals surface area contributed by atoms with E-state index in [1.165, 1.54) is 109 Å². The first-order chi connectivity index (χ1) is 31.0. The van der Waals surface area contributed by atoms with Crippen LogP contribution in [0.2, 0.25) is 0 Å². The van der Waals surface area contributed by atoms with Gasteiger partial charge in [-0.2, -0.15) is 0 Å². The summed E-state index contributed by atoms with van der Waals surface area (Å²) >= 11 is 0. The van der Waals surface area contributed by atoms with Crippen LogP contribution in [0.5, 0.6) is 0 Å². The highest BCUT2D eigenvalue weighted by Gasteiger charge is 2.19. The summed E-state index contributed by atoms with van der Waals surface area (Å²) in [4.78, 5) is 37.9. The van der Waals surface area contributed by atoms with E-state index in [0.717, 1.165) is 83.5 Å². The monoisotopic (exact) mass is 877 g/mol. The van der Waals surface area contributed by atoms with Crippen LogP contribution in [0.25, 0.3) is 0 Å². The highest BCUT2D eigenvalue weighted by molar-refractivity contribution is 5.71. The third-order valence-corrected chi connectivity index (χ3v) is 10.9. The first kappa shape index (κ1) is 59.6. The molecule has 1 atom stereocenters. The predicted octanol–water partition coefficient (Wildman–Crippen LogP) is 17.2. The number of allylic oxidation sites excluding steroid dienone is 14. The maximum Gasteiger partial charge on any atom is 0.306 e. The van der Waals surface area contributed by atoms with Crippen molar-refractivity contribution in [1.82, 2.24) is 0 Å². The average molecular weight is 877 g/mol. The zero-order valence-corrected chi connectivity index (χ0v) is 41.1. The summed E-state index contributed by atoms with van der Waals surface area (Å²) in [5.41, 5.74) is 0. The van der Waals surface area contributed by atoms with Gasteiger partial charge in [0.25, 0.3) is 0 Å². The van der Waals surface area contributed by atoms with Crippen molar-refractivity contribution in [3.63, 3.8) is 0 Å². The number of hydrogen-bond acceptors (Lipinski definition) is 6. The lowest BCUT2D eigenvalue weighted by Crippen LogP contribution is -2.30. The molecule has 0 aromatic rings. The Morgan fingerprint density at radius 1 is 0.333 bits per heavy atom. The van der Waals surface area contributed by atoms with Gasteiger partial charge in [-0.3, -0.25) is 14.4 Å². The molecule has 0 aliphatic rings. The molecule has 0 radical (unpaired) electrons. The van der Waals surface area contributed by atoms with Crippen LogP contribution in [-0.4, -0.2) is 37.2 Å². The lowest BCUT2D eigenvalue weighted by atomic mass is 10.1. The van der Waals surface area contributed by atoms with Crippen molar-refractivity contribution in [1.29, 1.82) is 0 Å². The quantitative estimate of drug-likeness (QED) is 0.0262. The fourth-order valence-corrected chi connectivity index (χ4v) is 6.95. The van der Waals surface area contributed by atoms with E-state index >= 15 is 0 Å². The van der Waals surface area contributed by atoms with E-state index in [1.54, 1.807) is 0 Å². The fourth-order valence-electron chi connectivity index (χ4n) is 6.95. The summed E-state index contributed by atoms with van der Waals surface area (Å²) in [6, 6.07) is 0. The number of unbranched alkanes of at least 4 members (excludes halogenated alkanes) is 21. The summed E-state index contributed by atoms with van der Waals surface area (Å²) in [6.45, 7) is 6.41. The molecular weight excluding hydrogens is 781 g/mol. The molecule has 0 heterocycles. The van der Waals surface area contributed by atoms with Crippen LogP contribution in [0.3, 0.4) is 0 Å². The topological polar surface area (TPSA) is 78.9 Å². The van der Waals surface area contributed by atoms with E-state index in [2.05, 4.69) is 93.7 Å². The van der Waals surface area contributed by atoms with Crippen molar-refractivity contribution in [3.8, 4) is 0 Å². The van der Waals surface area contributed by atoms with Crippen molar-refractivity contribution >= 4 is 17.9 Å². The van der Waals surface area contributed by atoms with Gasteiger partial charge in [0.1, 0.15) is 13.2 Å². The Morgan fingerprint density at radius 3 is 1.08 bits per heavy atom. The van der Waals surface area contributed by atoms with Crippen LogP contribution in [0.15, 0.2) is 85.1 Å². The third kappa shape index (κ3) is 49.5. The molecule has 63 heavy (non-hydrogen) atoms. The van der Waals surface area contributed by atoms with Crippen molar-refractivity contribution < 1.29 is 28.6 Å². The van der Waals surface area contributed by atoms with Gasteiger partial charge in [0.05, 0.1) is 0 Å². The second-order valence-electron chi connectivity index (χ2n) is 17.0. The van der Waals surface area contributed by atoms with Crippen molar-refractivity contribution in [2.24, 2.45) is 0 Å². The highest BCUT2D eigenvalue weighted by atomic mass is 16.6. The first-order valence-electron chi connectivity index (χ1n) is 26.1. The number of hydrogen-bond donors (Lipinski definition) is 0. The Bertz CT molecular complexity index is 1240. The summed E-state index contributed by atoms with van der Waals surface area (Å²) < 4.78 is 16.7. The fraction of sp³-hybridized carbons (Fsp3) is 0.702. The SMILES string of the molecule is CC/C=C\C/C=C\C/C=C\C/C=C\CCC(=O)OC(COC(=O)CCCCCCC/C=C\CCCCCC)COC(=O)CCCCCCCCCCC/C=C\C/C=C\CCCCC. The molecule has 6 nitrogen and oxygen atoms in total. The number of rotatable bonds is 46. The molecule has 0 saturated carbocycles. The van der Waals surface area contributed by atoms with Crippen LogP contribution >= 0.6 is 0 Å². The number of carbonyl (C=O) groups excluding carboxylic acids is 3. The van der Waals surface area contributed by atoms with Crippen molar-refractivity contribution in [2.45, 2.75) is 245 Å². The van der Waals surface area contributed by atoms with Gasteiger partial charge >= 0.3 is 17.9 Å². The maximum atomic E-state index is 12.7. The lowest BCUT2D eigenvalue weighted by Gasteiger charge is -2.18. The maximum absolute atomic E-state index is 12.7. The van der Waals surface area contributed by atoms with Gasteiger partial charge in [-0.1, -0.05) is 202 Å². The van der Waals surface area contributed by atoms with Crippen molar-refractivity contribution in [2.75, 3.05) is 13.2 Å². The molecule has 1 unspecified atom stereocenters. The summed E-state index contributed by atoms with van der Waals surface area (Å²) in [6.07, 6.45) is 65.8. The Balaban J connectivity index is 4.44. The Kier molecular flexibility index (Phi) is 48.5. The first-order valence-corrected chi connectivity index (χ1v) is 26.1. The van der Waals surface area contributed by atoms with E-state index in [0.29, 0.717) is 19.3 Å². The zero-order chi connectivity index (χ0) is 45.8. The van der Waals surface area contributed by atoms with E-state index in [-0.39, 0.29) is 31.6 Å². The molecule has 0 spiro atoms. The molecule has 6 heteroatoms. The molecule has 0 rings (SSSR count). The van der Waals surface area contributed by atoms with E-state index in [1.807, 2.05) is 12.2 Å². The number of ether oxygens (including phenoxy) is 3. The minimum Gasteiger partial charge on any atom is -0.462 e. The Labute approximate surface area is 388 Å². The largest absolute Gasteiger partial charge is 0.462 e. The van der Waals surface area contributed by atoms with Crippen LogP contribution in [0, 0.1) is 0 Å². The second kappa shape index (κ2) is 51.2. The summed E-state index contributed by atoms with van der Waals surface area (Å²) in [5.74, 6) is -1.01. The third-order valence-electron chi connectivity index (χ3n) is 10.9. The minimum absolute atomic E-state index is 0.110. The van der Waals surface area contributed by atoms with Crippen LogP contribution < -0.4 is 0 Å². The molecule has 0 aromatic heterocycles. The van der Waals surface area contributed by atoms with E-state index in [9.17, 15) is 14.4 Å². The Hall–Kier alpha value is -3.41. The van der Waals surface area contributed by atoms with Gasteiger partial charge in [-0.05, 0) is 103 Å². The molecule has 0 bridgehead atoms. The second-order valence-corrected chi connectivity index (χ2v) is 17.0. The molecule has 0 fully saturated rings.